The lowest BCUT2D eigenvalue weighted by molar-refractivity contribution is 0.122. The molecule has 3 aromatic rings. The second-order valence-electron chi connectivity index (χ2n) is 9.38. The molecular weight excluding hydrogens is 481 g/mol. The molecule has 0 bridgehead atoms. The molecular formula is C27H31ClFN5O2. The van der Waals surface area contributed by atoms with Gasteiger partial charge in [0, 0.05) is 49.2 Å². The van der Waals surface area contributed by atoms with Gasteiger partial charge in [-0.3, -0.25) is 0 Å². The molecule has 0 spiro atoms. The minimum Gasteiger partial charge on any atom is -0.393 e. The Bertz CT molecular complexity index is 1180. The number of hydrogen-bond donors (Lipinski definition) is 3. The smallest absolute Gasteiger partial charge is 0.152 e. The number of benzene rings is 1. The Morgan fingerprint density at radius 2 is 1.86 bits per heavy atom. The lowest BCUT2D eigenvalue weighted by Gasteiger charge is -2.30. The predicted molar refractivity (Wildman–Crippen MR) is 141 cm³/mol. The van der Waals surface area contributed by atoms with Crippen LogP contribution < -0.4 is 15.5 Å². The number of rotatable bonds is 7. The van der Waals surface area contributed by atoms with Gasteiger partial charge in [0.2, 0.25) is 0 Å². The fourth-order valence-corrected chi connectivity index (χ4v) is 4.99. The van der Waals surface area contributed by atoms with E-state index in [0.29, 0.717) is 24.8 Å². The Kier molecular flexibility index (Phi) is 7.84. The van der Waals surface area contributed by atoms with Crippen LogP contribution in [0.15, 0.2) is 48.8 Å². The Balaban J connectivity index is 1.42. The number of aliphatic hydroxyl groups excluding tert-OH is 1. The SMILES string of the molecule is O[C@H]1CC[C@H](Nc2cc(-c3cnc(N4CCOCC4)c(NCc4cccc(F)c4)c3)c(Cl)cn2)CC1. The van der Waals surface area contributed by atoms with Crippen molar-refractivity contribution in [3.05, 3.63) is 65.2 Å². The molecule has 0 amide bonds. The molecule has 190 valence electrons. The number of halogens is 2. The lowest BCUT2D eigenvalue weighted by Crippen LogP contribution is -2.37. The summed E-state index contributed by atoms with van der Waals surface area (Å²) in [6.07, 6.45) is 6.70. The van der Waals surface area contributed by atoms with E-state index >= 15 is 0 Å². The highest BCUT2D eigenvalue weighted by molar-refractivity contribution is 6.33. The first-order valence-corrected chi connectivity index (χ1v) is 12.8. The fraction of sp³-hybridized carbons (Fsp3) is 0.407. The van der Waals surface area contributed by atoms with Gasteiger partial charge in [-0.05, 0) is 55.5 Å². The number of anilines is 3. The topological polar surface area (TPSA) is 82.5 Å². The van der Waals surface area contributed by atoms with Gasteiger partial charge in [-0.15, -0.1) is 0 Å². The summed E-state index contributed by atoms with van der Waals surface area (Å²) in [5, 5.41) is 17.3. The Morgan fingerprint density at radius 3 is 2.64 bits per heavy atom. The minimum atomic E-state index is -0.259. The average molecular weight is 512 g/mol. The van der Waals surface area contributed by atoms with Gasteiger partial charge < -0.3 is 25.4 Å². The first kappa shape index (κ1) is 24.7. The third-order valence-electron chi connectivity index (χ3n) is 6.76. The molecule has 0 atom stereocenters. The van der Waals surface area contributed by atoms with E-state index < -0.39 is 0 Å². The molecule has 1 aliphatic heterocycles. The Morgan fingerprint density at radius 1 is 1.06 bits per heavy atom. The van der Waals surface area contributed by atoms with Crippen LogP contribution in [-0.4, -0.2) is 53.5 Å². The van der Waals surface area contributed by atoms with Gasteiger partial charge in [0.05, 0.1) is 30.0 Å². The third-order valence-corrected chi connectivity index (χ3v) is 7.07. The minimum absolute atomic E-state index is 0.203. The van der Waals surface area contributed by atoms with E-state index in [1.165, 1.54) is 12.1 Å². The molecule has 2 aromatic heterocycles. The van der Waals surface area contributed by atoms with Gasteiger partial charge in [-0.1, -0.05) is 23.7 Å². The largest absolute Gasteiger partial charge is 0.393 e. The highest BCUT2D eigenvalue weighted by Gasteiger charge is 2.21. The van der Waals surface area contributed by atoms with Crippen LogP contribution in [0.1, 0.15) is 31.2 Å². The van der Waals surface area contributed by atoms with Crippen molar-refractivity contribution >= 4 is 28.9 Å². The van der Waals surface area contributed by atoms with Crippen LogP contribution in [-0.2, 0) is 11.3 Å². The predicted octanol–water partition coefficient (Wildman–Crippen LogP) is 5.10. The van der Waals surface area contributed by atoms with Gasteiger partial charge in [0.15, 0.2) is 5.82 Å². The van der Waals surface area contributed by atoms with Crippen LogP contribution in [0.25, 0.3) is 11.1 Å². The van der Waals surface area contributed by atoms with Crippen LogP contribution in [0.3, 0.4) is 0 Å². The van der Waals surface area contributed by atoms with Crippen molar-refractivity contribution in [2.45, 2.75) is 44.4 Å². The number of aliphatic hydroxyl groups is 1. The number of aromatic nitrogens is 2. The maximum Gasteiger partial charge on any atom is 0.152 e. The van der Waals surface area contributed by atoms with Crippen LogP contribution in [0, 0.1) is 5.82 Å². The zero-order valence-electron chi connectivity index (χ0n) is 20.1. The normalized spacial score (nSPS) is 20.2. The number of nitrogens with one attached hydrogen (secondary N) is 2. The van der Waals surface area contributed by atoms with Gasteiger partial charge in [0.25, 0.3) is 0 Å². The summed E-state index contributed by atoms with van der Waals surface area (Å²) in [7, 11) is 0. The molecule has 0 unspecified atom stereocenters. The van der Waals surface area contributed by atoms with Gasteiger partial charge in [0.1, 0.15) is 11.6 Å². The van der Waals surface area contributed by atoms with E-state index in [0.717, 1.165) is 72.8 Å². The van der Waals surface area contributed by atoms with Crippen molar-refractivity contribution in [1.82, 2.24) is 9.97 Å². The van der Waals surface area contributed by atoms with Crippen molar-refractivity contribution in [3.8, 4) is 11.1 Å². The second-order valence-corrected chi connectivity index (χ2v) is 9.78. The van der Waals surface area contributed by atoms with Crippen molar-refractivity contribution in [2.24, 2.45) is 0 Å². The molecule has 3 heterocycles. The molecule has 2 aliphatic rings. The van der Waals surface area contributed by atoms with E-state index in [-0.39, 0.29) is 18.0 Å². The highest BCUT2D eigenvalue weighted by Crippen LogP contribution is 2.35. The molecule has 36 heavy (non-hydrogen) atoms. The molecule has 7 nitrogen and oxygen atoms in total. The molecule has 1 saturated carbocycles. The monoisotopic (exact) mass is 511 g/mol. The van der Waals surface area contributed by atoms with E-state index in [4.69, 9.17) is 21.3 Å². The lowest BCUT2D eigenvalue weighted by atomic mass is 9.93. The summed E-state index contributed by atoms with van der Waals surface area (Å²) in [4.78, 5) is 11.5. The summed E-state index contributed by atoms with van der Waals surface area (Å²) in [6, 6.07) is 10.8. The number of ether oxygens (including phenoxy) is 1. The van der Waals surface area contributed by atoms with Gasteiger partial charge in [-0.25, -0.2) is 14.4 Å². The summed E-state index contributed by atoms with van der Waals surface area (Å²) in [5.41, 5.74) is 3.39. The molecule has 0 radical (unpaired) electrons. The standard InChI is InChI=1S/C27H31ClFN5O2/c28-24-17-31-26(33-21-4-6-22(35)7-5-21)14-23(24)19-13-25(30-15-18-2-1-3-20(29)12-18)27(32-16-19)34-8-10-36-11-9-34/h1-3,12-14,16-17,21-22,30,35H,4-11,15H2,(H,31,33)/t21-,22-. The Labute approximate surface area is 215 Å². The first-order chi connectivity index (χ1) is 17.5. The van der Waals surface area contributed by atoms with Crippen molar-refractivity contribution in [2.75, 3.05) is 41.8 Å². The fourth-order valence-electron chi connectivity index (χ4n) is 4.77. The van der Waals surface area contributed by atoms with E-state index in [2.05, 4.69) is 20.5 Å². The van der Waals surface area contributed by atoms with Crippen LogP contribution in [0.2, 0.25) is 5.02 Å². The highest BCUT2D eigenvalue weighted by atomic mass is 35.5. The van der Waals surface area contributed by atoms with Crippen molar-refractivity contribution < 1.29 is 14.2 Å². The van der Waals surface area contributed by atoms with Crippen molar-refractivity contribution in [3.63, 3.8) is 0 Å². The average Bonchev–Trinajstić information content (AvgIpc) is 2.90. The summed E-state index contributed by atoms with van der Waals surface area (Å²) < 4.78 is 19.2. The maximum atomic E-state index is 13.7. The molecule has 1 aromatic carbocycles. The van der Waals surface area contributed by atoms with E-state index in [1.54, 1.807) is 12.3 Å². The maximum absolute atomic E-state index is 13.7. The molecule has 9 heteroatoms. The number of hydrogen-bond acceptors (Lipinski definition) is 7. The molecule has 1 aliphatic carbocycles. The quantitative estimate of drug-likeness (QED) is 0.407. The second kappa shape index (κ2) is 11.4. The Hall–Kier alpha value is -2.94. The number of pyridine rings is 2. The van der Waals surface area contributed by atoms with Crippen molar-refractivity contribution in [1.29, 1.82) is 0 Å². The third kappa shape index (κ3) is 6.06. The first-order valence-electron chi connectivity index (χ1n) is 12.5. The van der Waals surface area contributed by atoms with E-state index in [9.17, 15) is 9.50 Å². The molecule has 1 saturated heterocycles. The summed E-state index contributed by atoms with van der Waals surface area (Å²) in [5.74, 6) is 1.33. The summed E-state index contributed by atoms with van der Waals surface area (Å²) in [6.45, 7) is 3.26. The zero-order valence-corrected chi connectivity index (χ0v) is 20.8. The zero-order chi connectivity index (χ0) is 24.9. The summed E-state index contributed by atoms with van der Waals surface area (Å²) >= 11 is 6.58. The molecule has 2 fully saturated rings. The number of morpholine rings is 1. The van der Waals surface area contributed by atoms with Gasteiger partial charge >= 0.3 is 0 Å². The van der Waals surface area contributed by atoms with Crippen LogP contribution in [0.4, 0.5) is 21.7 Å². The van der Waals surface area contributed by atoms with Crippen LogP contribution >= 0.6 is 11.6 Å². The van der Waals surface area contributed by atoms with E-state index in [1.807, 2.05) is 24.4 Å². The van der Waals surface area contributed by atoms with Crippen LogP contribution in [0.5, 0.6) is 0 Å². The molecule has 5 rings (SSSR count). The number of nitrogens with zero attached hydrogens (tertiary/aromatic N) is 3. The van der Waals surface area contributed by atoms with Gasteiger partial charge in [-0.2, -0.15) is 0 Å². The molecule has 3 N–H and O–H groups in total.